The molecule has 4 heteroatoms. The first-order chi connectivity index (χ1) is 6.56. The molecule has 1 aromatic rings. The largest absolute Gasteiger partial charge is 0.361 e. The van der Waals surface area contributed by atoms with E-state index >= 15 is 0 Å². The first-order valence-electron chi connectivity index (χ1n) is 4.72. The molecule has 1 amide bonds. The number of likely N-dealkylation sites (N-methyl/N-ethyl adjacent to an activating group) is 1. The lowest BCUT2D eigenvalue weighted by atomic mass is 10.1. The molecule has 1 aromatic heterocycles. The molecule has 0 unspecified atom stereocenters. The zero-order valence-electron chi connectivity index (χ0n) is 9.13. The van der Waals surface area contributed by atoms with Gasteiger partial charge in [-0.25, -0.2) is 0 Å². The van der Waals surface area contributed by atoms with Crippen LogP contribution in [0.3, 0.4) is 0 Å². The summed E-state index contributed by atoms with van der Waals surface area (Å²) in [5.74, 6) is 0.835. The minimum absolute atomic E-state index is 0.0990. The lowest BCUT2D eigenvalue weighted by Gasteiger charge is -2.13. The quantitative estimate of drug-likeness (QED) is 0.732. The maximum Gasteiger partial charge on any atom is 0.226 e. The second kappa shape index (κ2) is 4.26. The van der Waals surface area contributed by atoms with Crippen LogP contribution in [0, 0.1) is 13.8 Å². The molecule has 0 aliphatic heterocycles. The van der Waals surface area contributed by atoms with Crippen LogP contribution in [-0.4, -0.2) is 29.6 Å². The molecule has 0 aliphatic carbocycles. The molecule has 0 bridgehead atoms. The van der Waals surface area contributed by atoms with Crippen molar-refractivity contribution in [3.8, 4) is 0 Å². The maximum absolute atomic E-state index is 11.6. The first-order valence-corrected chi connectivity index (χ1v) is 4.72. The molecule has 0 atom stereocenters. The second-order valence-electron chi connectivity index (χ2n) is 3.39. The van der Waals surface area contributed by atoms with E-state index in [1.54, 1.807) is 11.9 Å². The summed E-state index contributed by atoms with van der Waals surface area (Å²) in [5.41, 5.74) is 1.72. The molecule has 0 radical (unpaired) electrons. The van der Waals surface area contributed by atoms with E-state index < -0.39 is 0 Å². The fraction of sp³-hybridized carbons (Fsp3) is 0.600. The van der Waals surface area contributed by atoms with Gasteiger partial charge in [0.25, 0.3) is 0 Å². The van der Waals surface area contributed by atoms with Crippen LogP contribution in [0.15, 0.2) is 4.52 Å². The molecule has 78 valence electrons. The van der Waals surface area contributed by atoms with Crippen molar-refractivity contribution in [2.45, 2.75) is 27.2 Å². The molecular weight excluding hydrogens is 180 g/mol. The van der Waals surface area contributed by atoms with Gasteiger partial charge in [0.05, 0.1) is 12.1 Å². The summed E-state index contributed by atoms with van der Waals surface area (Å²) in [5, 5.41) is 3.81. The highest BCUT2D eigenvalue weighted by atomic mass is 16.5. The van der Waals surface area contributed by atoms with Gasteiger partial charge < -0.3 is 9.42 Å². The Hall–Kier alpha value is -1.32. The smallest absolute Gasteiger partial charge is 0.226 e. The molecule has 0 saturated heterocycles. The fourth-order valence-electron chi connectivity index (χ4n) is 1.22. The Morgan fingerprint density at radius 2 is 2.14 bits per heavy atom. The molecule has 0 spiro atoms. The van der Waals surface area contributed by atoms with Crippen LogP contribution in [0.5, 0.6) is 0 Å². The number of nitrogens with zero attached hydrogens (tertiary/aromatic N) is 2. The topological polar surface area (TPSA) is 46.3 Å². The summed E-state index contributed by atoms with van der Waals surface area (Å²) < 4.78 is 4.99. The van der Waals surface area contributed by atoms with E-state index in [-0.39, 0.29) is 5.91 Å². The fourth-order valence-corrected chi connectivity index (χ4v) is 1.22. The zero-order valence-corrected chi connectivity index (χ0v) is 9.13. The van der Waals surface area contributed by atoms with Gasteiger partial charge in [-0.3, -0.25) is 4.79 Å². The number of hydrogen-bond acceptors (Lipinski definition) is 3. The molecule has 1 rings (SSSR count). The molecule has 0 aromatic carbocycles. The predicted molar refractivity (Wildman–Crippen MR) is 53.0 cm³/mol. The van der Waals surface area contributed by atoms with E-state index in [9.17, 15) is 4.79 Å². The minimum atomic E-state index is 0.0990. The van der Waals surface area contributed by atoms with Crippen molar-refractivity contribution in [3.05, 3.63) is 17.0 Å². The van der Waals surface area contributed by atoms with E-state index in [0.29, 0.717) is 6.42 Å². The first kappa shape index (κ1) is 10.8. The molecule has 14 heavy (non-hydrogen) atoms. The van der Waals surface area contributed by atoms with Crippen LogP contribution in [0.4, 0.5) is 0 Å². The summed E-state index contributed by atoms with van der Waals surface area (Å²) in [6, 6.07) is 0. The van der Waals surface area contributed by atoms with Gasteiger partial charge in [-0.1, -0.05) is 5.16 Å². The molecule has 0 fully saturated rings. The Balaban J connectivity index is 2.74. The van der Waals surface area contributed by atoms with Gasteiger partial charge >= 0.3 is 0 Å². The summed E-state index contributed by atoms with van der Waals surface area (Å²) in [7, 11) is 1.79. The van der Waals surface area contributed by atoms with Gasteiger partial charge in [0.1, 0.15) is 5.76 Å². The normalized spacial score (nSPS) is 10.3. The van der Waals surface area contributed by atoms with Crippen molar-refractivity contribution in [1.29, 1.82) is 0 Å². The van der Waals surface area contributed by atoms with E-state index in [1.807, 2.05) is 20.8 Å². The Morgan fingerprint density at radius 1 is 1.50 bits per heavy atom. The molecular formula is C10H16N2O2. The van der Waals surface area contributed by atoms with Gasteiger partial charge in [0.2, 0.25) is 5.91 Å². The summed E-state index contributed by atoms with van der Waals surface area (Å²) in [6.45, 7) is 6.35. The zero-order chi connectivity index (χ0) is 10.7. The Morgan fingerprint density at radius 3 is 2.57 bits per heavy atom. The summed E-state index contributed by atoms with van der Waals surface area (Å²) in [4.78, 5) is 13.3. The monoisotopic (exact) mass is 196 g/mol. The van der Waals surface area contributed by atoms with Crippen LogP contribution in [0.25, 0.3) is 0 Å². The minimum Gasteiger partial charge on any atom is -0.361 e. The molecule has 4 nitrogen and oxygen atoms in total. The third kappa shape index (κ3) is 2.13. The van der Waals surface area contributed by atoms with Gasteiger partial charge in [-0.05, 0) is 20.8 Å². The van der Waals surface area contributed by atoms with Crippen LogP contribution < -0.4 is 0 Å². The molecule has 0 N–H and O–H groups in total. The van der Waals surface area contributed by atoms with Crippen molar-refractivity contribution in [2.75, 3.05) is 13.6 Å². The number of aryl methyl sites for hydroxylation is 2. The molecule has 1 heterocycles. The summed E-state index contributed by atoms with van der Waals surface area (Å²) in [6.07, 6.45) is 0.380. The van der Waals surface area contributed by atoms with Crippen LogP contribution >= 0.6 is 0 Å². The number of aromatic nitrogens is 1. The highest BCUT2D eigenvalue weighted by Crippen LogP contribution is 2.13. The highest BCUT2D eigenvalue weighted by Gasteiger charge is 2.15. The van der Waals surface area contributed by atoms with Crippen LogP contribution in [0.2, 0.25) is 0 Å². The summed E-state index contributed by atoms with van der Waals surface area (Å²) >= 11 is 0. The lowest BCUT2D eigenvalue weighted by Crippen LogP contribution is -2.28. The predicted octanol–water partition coefficient (Wildman–Crippen LogP) is 1.31. The van der Waals surface area contributed by atoms with E-state index in [1.165, 1.54) is 0 Å². The third-order valence-corrected chi connectivity index (χ3v) is 2.41. The number of rotatable bonds is 3. The SMILES string of the molecule is CCN(C)C(=O)Cc1c(C)noc1C. The Bertz CT molecular complexity index is 311. The average molecular weight is 196 g/mol. The van der Waals surface area contributed by atoms with E-state index in [2.05, 4.69) is 5.16 Å². The number of amides is 1. The van der Waals surface area contributed by atoms with Crippen molar-refractivity contribution in [2.24, 2.45) is 0 Å². The van der Waals surface area contributed by atoms with Crippen molar-refractivity contribution >= 4 is 5.91 Å². The third-order valence-electron chi connectivity index (χ3n) is 2.41. The molecule has 0 saturated carbocycles. The number of hydrogen-bond donors (Lipinski definition) is 0. The van der Waals surface area contributed by atoms with Gasteiger partial charge in [-0.15, -0.1) is 0 Å². The highest BCUT2D eigenvalue weighted by molar-refractivity contribution is 5.78. The van der Waals surface area contributed by atoms with Gasteiger partial charge in [0.15, 0.2) is 0 Å². The van der Waals surface area contributed by atoms with E-state index in [4.69, 9.17) is 4.52 Å². The van der Waals surface area contributed by atoms with Gasteiger partial charge in [-0.2, -0.15) is 0 Å². The van der Waals surface area contributed by atoms with Crippen LogP contribution in [0.1, 0.15) is 23.9 Å². The molecule has 0 aliphatic rings. The van der Waals surface area contributed by atoms with E-state index in [0.717, 1.165) is 23.6 Å². The second-order valence-corrected chi connectivity index (χ2v) is 3.39. The van der Waals surface area contributed by atoms with Crippen molar-refractivity contribution in [1.82, 2.24) is 10.1 Å². The number of carbonyl (C=O) groups is 1. The Kier molecular flexibility index (Phi) is 3.28. The Labute approximate surface area is 83.9 Å². The lowest BCUT2D eigenvalue weighted by molar-refractivity contribution is -0.129. The van der Waals surface area contributed by atoms with Crippen LogP contribution in [-0.2, 0) is 11.2 Å². The standard InChI is InChI=1S/C10H16N2O2/c1-5-12(4)10(13)6-9-7(2)11-14-8(9)3/h5-6H2,1-4H3. The van der Waals surface area contributed by atoms with Crippen molar-refractivity contribution in [3.63, 3.8) is 0 Å². The number of carbonyl (C=O) groups excluding carboxylic acids is 1. The van der Waals surface area contributed by atoms with Crippen molar-refractivity contribution < 1.29 is 9.32 Å². The maximum atomic E-state index is 11.6. The average Bonchev–Trinajstić information content (AvgIpc) is 2.48. The van der Waals surface area contributed by atoms with Gasteiger partial charge in [0, 0.05) is 19.2 Å².